The van der Waals surface area contributed by atoms with Crippen LogP contribution in [0.5, 0.6) is 6.01 Å². The van der Waals surface area contributed by atoms with E-state index in [0.29, 0.717) is 92.3 Å². The number of rotatable bonds is 5. The van der Waals surface area contributed by atoms with Gasteiger partial charge in [0.05, 0.1) is 17.6 Å². The van der Waals surface area contributed by atoms with Gasteiger partial charge in [0.25, 0.3) is 0 Å². The van der Waals surface area contributed by atoms with Gasteiger partial charge in [0.2, 0.25) is 0 Å². The number of thiol groups is 1. The Balaban J connectivity index is 0.00000249. The maximum Gasteiger partial charge on any atom is -0.00896 e. The number of ether oxygens (including phenoxy) is 2. The number of carbonyl (C=O) groups excluding carboxylic acids is 1. The van der Waals surface area contributed by atoms with Crippen LogP contribution < -0.4 is 9.64 Å². The second-order valence-electron chi connectivity index (χ2n) is 15.4. The van der Waals surface area contributed by atoms with Crippen LogP contribution in [0.1, 0.15) is 52.0 Å². The quantitative estimate of drug-likeness (QED) is 0.0590. The van der Waals surface area contributed by atoms with Crippen molar-refractivity contribution in [2.45, 2.75) is 75.8 Å². The Hall–Kier alpha value is -3.19. The number of halogens is 3. The zero-order chi connectivity index (χ0) is 36.5. The molecule has 0 radical (unpaired) electrons. The topological polar surface area (TPSA) is 83.9 Å². The van der Waals surface area contributed by atoms with Crippen LogP contribution in [0.25, 0.3) is 32.9 Å². The maximum absolute atomic E-state index is 17.1. The summed E-state index contributed by atoms with van der Waals surface area (Å²) in [6.45, 7) is 11.6. The number of piperazine rings is 1. The monoisotopic (exact) mass is 967 g/mol. The Morgan fingerprint density at radius 2 is 1.85 bits per heavy atom. The normalized spacial score (nSPS) is 23.4. The molecule has 8 rings (SSSR count). The maximum atomic E-state index is 17.1. The third-order valence-electron chi connectivity index (χ3n) is 10.6. The van der Waals surface area contributed by atoms with Crippen LogP contribution in [0.4, 0.5) is 23.8 Å². The number of fused-ring (bicyclic) bond motifs is 5. The van der Waals surface area contributed by atoms with E-state index in [0.717, 1.165) is 18.4 Å². The van der Waals surface area contributed by atoms with Gasteiger partial charge in [-0.05, 0) is 40.0 Å². The number of benzene rings is 2. The van der Waals surface area contributed by atoms with Crippen molar-refractivity contribution in [2.24, 2.45) is 0 Å². The van der Waals surface area contributed by atoms with Gasteiger partial charge >= 0.3 is 193 Å². The molecule has 2 bridgehead atoms. The molecule has 282 valence electrons. The number of hydrogen-bond acceptors (Lipinski definition) is 9. The summed E-state index contributed by atoms with van der Waals surface area (Å²) in [7, 11) is 0. The first-order chi connectivity index (χ1) is 24.8. The van der Waals surface area contributed by atoms with Gasteiger partial charge in [-0.15, -0.1) is 0 Å². The summed E-state index contributed by atoms with van der Waals surface area (Å²) in [4.78, 5) is 33.3. The van der Waals surface area contributed by atoms with Crippen molar-refractivity contribution in [2.75, 3.05) is 37.7 Å². The molecule has 4 aromatic rings. The first kappa shape index (κ1) is 40.5. The van der Waals surface area contributed by atoms with Gasteiger partial charge in [-0.3, -0.25) is 9.80 Å². The molecule has 1 amide bonds. The van der Waals surface area contributed by atoms with Gasteiger partial charge in [-0.25, -0.2) is 9.18 Å². The predicted molar refractivity (Wildman–Crippen MR) is 213 cm³/mol. The van der Waals surface area contributed by atoms with Gasteiger partial charge < -0.3 is 18.2 Å². The standard InChI is InChI=1S/C39H38F3N6O3.H3P.H2S.Tl/c1-6-27-30(41)13-10-23-8-7-9-28(31(23)27)33-32(42)34-29(16-43-33)35(46-19-25-11-12-26(20-46)48(25)37(49)51-38(3,4)5)45-36(44-34)50-21-39-14-22(2)17-47(39)18-24(40)15-39;;;/h7-10,13,16,24-26H,2,11-12,14-15,17-21H2,3-5H3;1H3;1H2;/p-1/t24-,25?,26?,39-;;;/m1.../s1. The second kappa shape index (κ2) is 15.4. The molecule has 4 aliphatic heterocycles. The van der Waals surface area contributed by atoms with Gasteiger partial charge in [0.15, 0.2) is 0 Å². The van der Waals surface area contributed by atoms with E-state index < -0.39 is 28.9 Å². The van der Waals surface area contributed by atoms with Gasteiger partial charge in [-0.1, -0.05) is 12.2 Å². The van der Waals surface area contributed by atoms with E-state index in [-0.39, 0.29) is 71.0 Å². The van der Waals surface area contributed by atoms with Crippen molar-refractivity contribution in [1.29, 1.82) is 0 Å². The molecule has 2 aromatic heterocycles. The molecule has 4 fully saturated rings. The zero-order valence-corrected chi connectivity index (χ0v) is 37.3. The molecule has 0 saturated carbocycles. The number of hydrogen-bond donors (Lipinski definition) is 0. The fourth-order valence-corrected chi connectivity index (χ4v) is 9.16. The summed E-state index contributed by atoms with van der Waals surface area (Å²) in [5.74, 6) is 2.17. The number of amides is 1. The molecule has 6 heterocycles. The van der Waals surface area contributed by atoms with Gasteiger partial charge in [0, 0.05) is 19.5 Å². The molecule has 4 aliphatic rings. The van der Waals surface area contributed by atoms with Crippen molar-refractivity contribution < 1.29 is 27.4 Å². The summed E-state index contributed by atoms with van der Waals surface area (Å²) in [6, 6.07) is 8.03. The average molecular weight is 967 g/mol. The second-order valence-corrected chi connectivity index (χ2v) is 16.5. The fourth-order valence-electron chi connectivity index (χ4n) is 8.60. The first-order valence-corrected chi connectivity index (χ1v) is 19.8. The molecule has 3 unspecified atom stereocenters. The van der Waals surface area contributed by atoms with Crippen LogP contribution in [0, 0.1) is 21.0 Å². The number of carbonyl (C=O) groups is 1. The Bertz CT molecular complexity index is 2200. The van der Waals surface area contributed by atoms with Gasteiger partial charge in [-0.2, -0.15) is 9.90 Å². The van der Waals surface area contributed by atoms with Gasteiger partial charge in [0.1, 0.15) is 11.8 Å². The smallest absolute Gasteiger partial charge is 0.00896 e. The largest absolute Gasteiger partial charge is 0.813 e. The van der Waals surface area contributed by atoms with Crippen molar-refractivity contribution >= 4 is 82.7 Å². The molecular weight excluding hydrogens is 925 g/mol. The van der Waals surface area contributed by atoms with E-state index >= 15 is 8.78 Å². The molecule has 9 nitrogen and oxygen atoms in total. The summed E-state index contributed by atoms with van der Waals surface area (Å²) < 4.78 is 61.9. The van der Waals surface area contributed by atoms with E-state index in [2.05, 4.69) is 30.8 Å². The van der Waals surface area contributed by atoms with Crippen LogP contribution in [0.3, 0.4) is 0 Å². The fraction of sp³-hybridized carbons (Fsp3) is 0.436. The molecule has 0 aliphatic carbocycles. The van der Waals surface area contributed by atoms with E-state index in [1.54, 1.807) is 24.4 Å². The minimum Gasteiger partial charge on any atom is -0.813 e. The van der Waals surface area contributed by atoms with Crippen molar-refractivity contribution in [3.63, 3.8) is 0 Å². The third-order valence-corrected chi connectivity index (χ3v) is 11.2. The van der Waals surface area contributed by atoms with E-state index in [1.165, 1.54) is 6.07 Å². The van der Waals surface area contributed by atoms with Crippen molar-refractivity contribution in [3.8, 4) is 26.7 Å². The number of pyridine rings is 1. The number of aromatic nitrogens is 3. The minimum absolute atomic E-state index is 0. The summed E-state index contributed by atoms with van der Waals surface area (Å²) >= 11 is 0.325. The molecule has 54 heavy (non-hydrogen) atoms. The third kappa shape index (κ3) is 7.28. The summed E-state index contributed by atoms with van der Waals surface area (Å²) in [6.07, 6.45) is 2.70. The van der Waals surface area contributed by atoms with Crippen molar-refractivity contribution in [3.05, 3.63) is 65.9 Å². The minimum atomic E-state index is -0.983. The Kier molecular flexibility index (Phi) is 11.5. The molecule has 5 atom stereocenters. The number of nitrogens with zero attached hydrogens (tertiary/aromatic N) is 6. The molecular formula is C39H42F3N6O3PSTl-. The van der Waals surface area contributed by atoms with Crippen LogP contribution in [0.15, 0.2) is 48.7 Å². The first-order valence-electron chi connectivity index (χ1n) is 17.6. The van der Waals surface area contributed by atoms with Crippen LogP contribution in [0.2, 0.25) is 0 Å². The number of alkyl halides is 1. The molecule has 4 saturated heterocycles. The zero-order valence-electron chi connectivity index (χ0n) is 30.5. The van der Waals surface area contributed by atoms with Crippen LogP contribution >= 0.6 is 9.90 Å². The predicted octanol–water partition coefficient (Wildman–Crippen LogP) is 6.10. The molecule has 0 N–H and O–H groups in total. The van der Waals surface area contributed by atoms with E-state index in [1.807, 2.05) is 36.6 Å². The Morgan fingerprint density at radius 1 is 1.11 bits per heavy atom. The Morgan fingerprint density at radius 3 is 2.56 bits per heavy atom. The summed E-state index contributed by atoms with van der Waals surface area (Å²) in [5, 5.41) is 1.56. The van der Waals surface area contributed by atoms with Crippen LogP contribution in [-0.2, 0) is 18.2 Å². The SMILES string of the molecule is C=C1CN2C[C@H](F)C[C@@]2(COc2nc(N3CC4CCC(C3)N4C(=O)OC(C)(C)C)c3cnc(-c4cccc5ccc(F)c(C#[C][Tl])c45)c(F)c3n2)C1.P.[SH-]. The average Bonchev–Trinajstić information content (AvgIpc) is 3.66. The molecule has 15 heteroatoms. The van der Waals surface area contributed by atoms with E-state index in [4.69, 9.17) is 14.5 Å². The molecule has 2 aromatic carbocycles. The van der Waals surface area contributed by atoms with Crippen molar-refractivity contribution in [1.82, 2.24) is 24.8 Å². The molecule has 0 spiro atoms. The van der Waals surface area contributed by atoms with Crippen LogP contribution in [-0.4, -0.2) is 119 Å². The summed E-state index contributed by atoms with van der Waals surface area (Å²) in [5.41, 5.74) is 0.392. The Labute approximate surface area is 339 Å². The van der Waals surface area contributed by atoms with E-state index in [9.17, 15) is 9.18 Å². The number of anilines is 1.